The molecule has 0 aromatic carbocycles. The number of carbonyl (C=O) groups is 1. The van der Waals surface area contributed by atoms with Crippen LogP contribution in [0.4, 0.5) is 5.69 Å². The summed E-state index contributed by atoms with van der Waals surface area (Å²) in [6, 6.07) is 0. The maximum absolute atomic E-state index is 11.3. The van der Waals surface area contributed by atoms with Crippen molar-refractivity contribution >= 4 is 21.5 Å². The summed E-state index contributed by atoms with van der Waals surface area (Å²) in [5.74, 6) is -0.685. The molecule has 1 N–H and O–H groups in total. The Morgan fingerprint density at radius 1 is 1.41 bits per heavy atom. The predicted octanol–water partition coefficient (Wildman–Crippen LogP) is -0.797. The molecular weight excluding hydrogens is 246 g/mol. The molecule has 1 saturated heterocycles. The van der Waals surface area contributed by atoms with E-state index in [0.29, 0.717) is 13.1 Å². The summed E-state index contributed by atoms with van der Waals surface area (Å²) >= 11 is 0. The summed E-state index contributed by atoms with van der Waals surface area (Å²) in [5.41, 5.74) is 0.765. The van der Waals surface area contributed by atoms with Gasteiger partial charge in [0.2, 0.25) is 0 Å². The zero-order valence-electron chi connectivity index (χ0n) is 9.11. The van der Waals surface area contributed by atoms with Crippen LogP contribution in [0, 0.1) is 0 Å². The molecule has 2 heterocycles. The first-order valence-corrected chi connectivity index (χ1v) is 6.98. The predicted molar refractivity (Wildman–Crippen MR) is 60.7 cm³/mol. The fourth-order valence-electron chi connectivity index (χ4n) is 1.71. The molecule has 0 spiro atoms. The van der Waals surface area contributed by atoms with Crippen LogP contribution in [0.1, 0.15) is 0 Å². The molecule has 0 radical (unpaired) electrons. The van der Waals surface area contributed by atoms with Crippen LogP contribution in [0.3, 0.4) is 0 Å². The van der Waals surface area contributed by atoms with Crippen molar-refractivity contribution in [2.45, 2.75) is 6.54 Å². The lowest BCUT2D eigenvalue weighted by Crippen LogP contribution is -2.40. The van der Waals surface area contributed by atoms with Gasteiger partial charge in [-0.05, 0) is 0 Å². The number of anilines is 1. The van der Waals surface area contributed by atoms with Gasteiger partial charge in [-0.15, -0.1) is 0 Å². The molecule has 0 aliphatic carbocycles. The van der Waals surface area contributed by atoms with Gasteiger partial charge >= 0.3 is 5.97 Å². The van der Waals surface area contributed by atoms with Crippen molar-refractivity contribution in [2.24, 2.45) is 0 Å². The fraction of sp³-hybridized carbons (Fsp3) is 0.556. The molecule has 1 aliphatic heterocycles. The van der Waals surface area contributed by atoms with Crippen LogP contribution >= 0.6 is 0 Å². The summed E-state index contributed by atoms with van der Waals surface area (Å²) in [7, 11) is -2.90. The summed E-state index contributed by atoms with van der Waals surface area (Å²) in [4.78, 5) is 12.4. The van der Waals surface area contributed by atoms with E-state index in [1.165, 1.54) is 4.68 Å². The number of carboxylic acid groups (broad SMARTS) is 1. The van der Waals surface area contributed by atoms with Crippen molar-refractivity contribution in [2.75, 3.05) is 29.5 Å². The van der Waals surface area contributed by atoms with E-state index in [1.807, 2.05) is 4.90 Å². The molecule has 7 nitrogen and oxygen atoms in total. The Kier molecular flexibility index (Phi) is 3.05. The van der Waals surface area contributed by atoms with Crippen LogP contribution in [0.25, 0.3) is 0 Å². The van der Waals surface area contributed by atoms with E-state index in [2.05, 4.69) is 5.10 Å². The van der Waals surface area contributed by atoms with Gasteiger partial charge in [0.25, 0.3) is 0 Å². The van der Waals surface area contributed by atoms with E-state index in [1.54, 1.807) is 12.4 Å². The van der Waals surface area contributed by atoms with E-state index >= 15 is 0 Å². The number of hydrogen-bond donors (Lipinski definition) is 1. The second-order valence-electron chi connectivity index (χ2n) is 3.93. The zero-order valence-corrected chi connectivity index (χ0v) is 9.93. The number of aliphatic carboxylic acids is 1. The standard InChI is InChI=1S/C9H13N3O4S/c13-9(14)7-12-6-8(5-10-12)11-1-3-17(15,16)4-2-11/h5-6H,1-4,7H2,(H,13,14). The monoisotopic (exact) mass is 259 g/mol. The van der Waals surface area contributed by atoms with Gasteiger partial charge in [0.05, 0.1) is 23.4 Å². The molecule has 2 rings (SSSR count). The van der Waals surface area contributed by atoms with Gasteiger partial charge in [-0.25, -0.2) is 8.42 Å². The fourth-order valence-corrected chi connectivity index (χ4v) is 2.91. The highest BCUT2D eigenvalue weighted by Gasteiger charge is 2.22. The molecule has 0 bridgehead atoms. The second kappa shape index (κ2) is 4.36. The quantitative estimate of drug-likeness (QED) is 0.764. The molecule has 0 unspecified atom stereocenters. The van der Waals surface area contributed by atoms with Gasteiger partial charge in [-0.2, -0.15) is 5.10 Å². The third kappa shape index (κ3) is 2.96. The van der Waals surface area contributed by atoms with E-state index < -0.39 is 15.8 Å². The Bertz CT molecular complexity index is 508. The Labute approximate surface area is 98.6 Å². The van der Waals surface area contributed by atoms with Crippen molar-refractivity contribution in [3.05, 3.63) is 12.4 Å². The smallest absolute Gasteiger partial charge is 0.325 e. The number of carboxylic acids is 1. The maximum atomic E-state index is 11.3. The van der Waals surface area contributed by atoms with Gasteiger partial charge in [-0.3, -0.25) is 9.48 Å². The van der Waals surface area contributed by atoms with Crippen molar-refractivity contribution in [1.29, 1.82) is 0 Å². The van der Waals surface area contributed by atoms with Gasteiger partial charge in [0.1, 0.15) is 6.54 Å². The second-order valence-corrected chi connectivity index (χ2v) is 6.23. The lowest BCUT2D eigenvalue weighted by atomic mass is 10.4. The average molecular weight is 259 g/mol. The van der Waals surface area contributed by atoms with Gasteiger partial charge < -0.3 is 10.0 Å². The Morgan fingerprint density at radius 3 is 2.65 bits per heavy atom. The van der Waals surface area contributed by atoms with Gasteiger partial charge in [0, 0.05) is 19.3 Å². The minimum absolute atomic E-state index is 0.136. The first-order chi connectivity index (χ1) is 7.96. The Hall–Kier alpha value is -1.57. The lowest BCUT2D eigenvalue weighted by molar-refractivity contribution is -0.137. The molecule has 0 saturated carbocycles. The van der Waals surface area contributed by atoms with E-state index in [-0.39, 0.29) is 18.1 Å². The molecule has 0 amide bonds. The minimum Gasteiger partial charge on any atom is -0.480 e. The van der Waals surface area contributed by atoms with Gasteiger partial charge in [0.15, 0.2) is 9.84 Å². The third-order valence-electron chi connectivity index (χ3n) is 2.63. The van der Waals surface area contributed by atoms with E-state index in [4.69, 9.17) is 5.11 Å². The number of nitrogens with zero attached hydrogens (tertiary/aromatic N) is 3. The highest BCUT2D eigenvalue weighted by atomic mass is 32.2. The zero-order chi connectivity index (χ0) is 12.5. The van der Waals surface area contributed by atoms with Crippen LogP contribution in [0.5, 0.6) is 0 Å². The maximum Gasteiger partial charge on any atom is 0.325 e. The van der Waals surface area contributed by atoms with Gasteiger partial charge in [-0.1, -0.05) is 0 Å². The molecule has 1 aromatic rings. The largest absolute Gasteiger partial charge is 0.480 e. The highest BCUT2D eigenvalue weighted by Crippen LogP contribution is 2.16. The van der Waals surface area contributed by atoms with Crippen LogP contribution in [-0.2, 0) is 21.2 Å². The summed E-state index contributed by atoms with van der Waals surface area (Å²) in [6.07, 6.45) is 3.17. The highest BCUT2D eigenvalue weighted by molar-refractivity contribution is 7.91. The molecule has 94 valence electrons. The molecule has 1 aromatic heterocycles. The van der Waals surface area contributed by atoms with Crippen molar-refractivity contribution in [1.82, 2.24) is 9.78 Å². The van der Waals surface area contributed by atoms with Crippen LogP contribution < -0.4 is 4.90 Å². The molecule has 1 fully saturated rings. The number of hydrogen-bond acceptors (Lipinski definition) is 5. The molecule has 1 aliphatic rings. The number of aromatic nitrogens is 2. The van der Waals surface area contributed by atoms with Crippen LogP contribution in [-0.4, -0.2) is 53.9 Å². The SMILES string of the molecule is O=C(O)Cn1cc(N2CCS(=O)(=O)CC2)cn1. The number of sulfone groups is 1. The average Bonchev–Trinajstić information content (AvgIpc) is 2.65. The third-order valence-corrected chi connectivity index (χ3v) is 4.24. The molecular formula is C9H13N3O4S. The first kappa shape index (κ1) is 11.9. The summed E-state index contributed by atoms with van der Waals surface area (Å²) in [6.45, 7) is 0.675. The molecule has 17 heavy (non-hydrogen) atoms. The van der Waals surface area contributed by atoms with E-state index in [9.17, 15) is 13.2 Å². The minimum atomic E-state index is -2.90. The van der Waals surface area contributed by atoms with Crippen molar-refractivity contribution in [3.8, 4) is 0 Å². The molecule has 8 heteroatoms. The normalized spacial score (nSPS) is 19.2. The summed E-state index contributed by atoms with van der Waals surface area (Å²) in [5, 5.41) is 12.5. The van der Waals surface area contributed by atoms with Crippen molar-refractivity contribution < 1.29 is 18.3 Å². The van der Waals surface area contributed by atoms with Crippen molar-refractivity contribution in [3.63, 3.8) is 0 Å². The lowest BCUT2D eigenvalue weighted by Gasteiger charge is -2.27. The van der Waals surface area contributed by atoms with E-state index in [0.717, 1.165) is 5.69 Å². The summed E-state index contributed by atoms with van der Waals surface area (Å²) < 4.78 is 23.8. The topological polar surface area (TPSA) is 92.5 Å². The number of rotatable bonds is 3. The Balaban J connectivity index is 2.04. The first-order valence-electron chi connectivity index (χ1n) is 5.16. The Morgan fingerprint density at radius 2 is 2.06 bits per heavy atom. The van der Waals surface area contributed by atoms with Crippen LogP contribution in [0.2, 0.25) is 0 Å². The van der Waals surface area contributed by atoms with Crippen LogP contribution in [0.15, 0.2) is 12.4 Å². The molecule has 0 atom stereocenters.